The van der Waals surface area contributed by atoms with Crippen molar-refractivity contribution in [3.8, 4) is 0 Å². The molecule has 0 amide bonds. The van der Waals surface area contributed by atoms with Crippen LogP contribution in [-0.4, -0.2) is 17.8 Å². The van der Waals surface area contributed by atoms with E-state index >= 15 is 0 Å². The summed E-state index contributed by atoms with van der Waals surface area (Å²) in [5.41, 5.74) is 0.981. The minimum Gasteiger partial charge on any atom is -0.386 e. The number of thiophene rings is 1. The van der Waals surface area contributed by atoms with Crippen molar-refractivity contribution in [1.82, 2.24) is 0 Å². The smallest absolute Gasteiger partial charge is 0.107 e. The Morgan fingerprint density at radius 1 is 1.28 bits per heavy atom. The summed E-state index contributed by atoms with van der Waals surface area (Å²) in [6, 6.07) is 8.16. The van der Waals surface area contributed by atoms with Crippen LogP contribution >= 0.6 is 11.3 Å². The summed E-state index contributed by atoms with van der Waals surface area (Å²) in [6.07, 6.45) is -0.713. The number of rotatable bonds is 5. The quantitative estimate of drug-likeness (QED) is 0.884. The molecule has 0 aliphatic carbocycles. The highest BCUT2D eigenvalue weighted by Gasteiger charge is 2.26. The average molecular weight is 264 g/mol. The topological polar surface area (TPSA) is 29.5 Å². The van der Waals surface area contributed by atoms with Crippen molar-refractivity contribution >= 4 is 21.4 Å². The van der Waals surface area contributed by atoms with E-state index < -0.39 is 6.10 Å². The molecular formula is C15H20O2S. The highest BCUT2D eigenvalue weighted by Crippen LogP contribution is 2.33. The van der Waals surface area contributed by atoms with E-state index in [4.69, 9.17) is 4.74 Å². The SMILES string of the molecule is CCOC(C(C)C)C(O)c1cccc2ccsc12. The number of fused-ring (bicyclic) bond motifs is 1. The highest BCUT2D eigenvalue weighted by molar-refractivity contribution is 7.17. The number of aliphatic hydroxyl groups excluding tert-OH is 1. The monoisotopic (exact) mass is 264 g/mol. The molecule has 0 bridgehead atoms. The van der Waals surface area contributed by atoms with E-state index in [2.05, 4.69) is 31.4 Å². The second-order valence-electron chi connectivity index (χ2n) is 4.80. The average Bonchev–Trinajstić information content (AvgIpc) is 2.82. The minimum absolute atomic E-state index is 0.150. The Labute approximate surface area is 112 Å². The molecular weight excluding hydrogens is 244 g/mol. The molecule has 0 radical (unpaired) electrons. The lowest BCUT2D eigenvalue weighted by Crippen LogP contribution is -2.27. The molecule has 0 aliphatic rings. The molecule has 0 fully saturated rings. The number of hydrogen-bond donors (Lipinski definition) is 1. The van der Waals surface area contributed by atoms with Crippen LogP contribution < -0.4 is 0 Å². The fourth-order valence-corrected chi connectivity index (χ4v) is 3.21. The Kier molecular flexibility index (Phi) is 4.38. The number of benzene rings is 1. The van der Waals surface area contributed by atoms with Gasteiger partial charge in [-0.25, -0.2) is 0 Å². The zero-order valence-electron chi connectivity index (χ0n) is 11.1. The van der Waals surface area contributed by atoms with Gasteiger partial charge in [-0.1, -0.05) is 32.0 Å². The summed E-state index contributed by atoms with van der Waals surface area (Å²) in [7, 11) is 0. The summed E-state index contributed by atoms with van der Waals surface area (Å²) < 4.78 is 6.86. The van der Waals surface area contributed by atoms with Gasteiger partial charge >= 0.3 is 0 Å². The second-order valence-corrected chi connectivity index (χ2v) is 5.71. The van der Waals surface area contributed by atoms with Gasteiger partial charge in [0.25, 0.3) is 0 Å². The zero-order chi connectivity index (χ0) is 13.1. The van der Waals surface area contributed by atoms with Crippen LogP contribution in [0.15, 0.2) is 29.6 Å². The number of aliphatic hydroxyl groups is 1. The molecule has 2 rings (SSSR count). The molecule has 1 N–H and O–H groups in total. The van der Waals surface area contributed by atoms with Crippen molar-refractivity contribution in [1.29, 1.82) is 0 Å². The van der Waals surface area contributed by atoms with Gasteiger partial charge in [-0.05, 0) is 29.7 Å². The van der Waals surface area contributed by atoms with Crippen LogP contribution in [0.1, 0.15) is 32.4 Å². The number of ether oxygens (including phenoxy) is 1. The highest BCUT2D eigenvalue weighted by atomic mass is 32.1. The van der Waals surface area contributed by atoms with Gasteiger partial charge in [0.1, 0.15) is 6.10 Å². The van der Waals surface area contributed by atoms with E-state index in [-0.39, 0.29) is 12.0 Å². The van der Waals surface area contributed by atoms with Crippen LogP contribution in [0, 0.1) is 5.92 Å². The van der Waals surface area contributed by atoms with Crippen molar-refractivity contribution in [3.05, 3.63) is 35.2 Å². The van der Waals surface area contributed by atoms with E-state index in [0.29, 0.717) is 6.61 Å². The molecule has 0 saturated carbocycles. The van der Waals surface area contributed by atoms with Crippen LogP contribution in [0.5, 0.6) is 0 Å². The molecule has 3 heteroatoms. The minimum atomic E-state index is -0.563. The van der Waals surface area contributed by atoms with Gasteiger partial charge in [0, 0.05) is 16.9 Å². The van der Waals surface area contributed by atoms with E-state index in [1.807, 2.05) is 19.1 Å². The van der Waals surface area contributed by atoms with Crippen LogP contribution in [0.4, 0.5) is 0 Å². The predicted molar refractivity (Wildman–Crippen MR) is 77.0 cm³/mol. The number of hydrogen-bond acceptors (Lipinski definition) is 3. The lowest BCUT2D eigenvalue weighted by Gasteiger charge is -2.26. The first-order chi connectivity index (χ1) is 8.65. The second kappa shape index (κ2) is 5.83. The fourth-order valence-electron chi connectivity index (χ4n) is 2.27. The molecule has 2 aromatic rings. The van der Waals surface area contributed by atoms with Gasteiger partial charge in [0.2, 0.25) is 0 Å². The third-order valence-electron chi connectivity index (χ3n) is 3.16. The predicted octanol–water partition coefficient (Wildman–Crippen LogP) is 4.00. The maximum Gasteiger partial charge on any atom is 0.107 e. The molecule has 1 aromatic heterocycles. The Balaban J connectivity index is 2.37. The Morgan fingerprint density at radius 3 is 2.72 bits per heavy atom. The van der Waals surface area contributed by atoms with E-state index in [1.165, 1.54) is 5.39 Å². The van der Waals surface area contributed by atoms with E-state index in [9.17, 15) is 5.11 Å². The lowest BCUT2D eigenvalue weighted by atomic mass is 9.95. The Hall–Kier alpha value is -0.900. The molecule has 1 aromatic carbocycles. The maximum atomic E-state index is 10.6. The van der Waals surface area contributed by atoms with Gasteiger partial charge in [0.15, 0.2) is 0 Å². The fraction of sp³-hybridized carbons (Fsp3) is 0.467. The van der Waals surface area contributed by atoms with Crippen LogP contribution in [-0.2, 0) is 4.74 Å². The third-order valence-corrected chi connectivity index (χ3v) is 4.13. The molecule has 2 nitrogen and oxygen atoms in total. The summed E-state index contributed by atoms with van der Waals surface area (Å²) in [5.74, 6) is 0.287. The summed E-state index contributed by atoms with van der Waals surface area (Å²) >= 11 is 1.67. The molecule has 1 heterocycles. The first-order valence-electron chi connectivity index (χ1n) is 6.41. The maximum absolute atomic E-state index is 10.6. The third kappa shape index (κ3) is 2.58. The molecule has 18 heavy (non-hydrogen) atoms. The van der Waals surface area contributed by atoms with Crippen molar-refractivity contribution in [2.75, 3.05) is 6.61 Å². The Bertz CT molecular complexity index is 504. The van der Waals surface area contributed by atoms with Crippen molar-refractivity contribution in [2.45, 2.75) is 33.0 Å². The summed E-state index contributed by atoms with van der Waals surface area (Å²) in [6.45, 7) is 6.75. The van der Waals surface area contributed by atoms with Crippen LogP contribution in [0.3, 0.4) is 0 Å². The molecule has 0 saturated heterocycles. The first-order valence-corrected chi connectivity index (χ1v) is 7.29. The Morgan fingerprint density at radius 2 is 2.06 bits per heavy atom. The van der Waals surface area contributed by atoms with Crippen molar-refractivity contribution in [2.24, 2.45) is 5.92 Å². The van der Waals surface area contributed by atoms with E-state index in [1.54, 1.807) is 11.3 Å². The molecule has 98 valence electrons. The summed E-state index contributed by atoms with van der Waals surface area (Å²) in [4.78, 5) is 0. The van der Waals surface area contributed by atoms with Gasteiger partial charge < -0.3 is 9.84 Å². The van der Waals surface area contributed by atoms with Gasteiger partial charge in [-0.3, -0.25) is 0 Å². The van der Waals surface area contributed by atoms with Crippen LogP contribution in [0.2, 0.25) is 0 Å². The normalized spacial score (nSPS) is 15.2. The van der Waals surface area contributed by atoms with Gasteiger partial charge in [-0.2, -0.15) is 0 Å². The van der Waals surface area contributed by atoms with Gasteiger partial charge in [0.05, 0.1) is 6.10 Å². The zero-order valence-corrected chi connectivity index (χ0v) is 11.9. The summed E-state index contributed by atoms with van der Waals surface area (Å²) in [5, 5.41) is 13.8. The van der Waals surface area contributed by atoms with Crippen LogP contribution in [0.25, 0.3) is 10.1 Å². The molecule has 0 aliphatic heterocycles. The van der Waals surface area contributed by atoms with Gasteiger partial charge in [-0.15, -0.1) is 11.3 Å². The standard InChI is InChI=1S/C15H20O2S/c1-4-17-14(10(2)3)13(16)12-7-5-6-11-8-9-18-15(11)12/h5-10,13-14,16H,4H2,1-3H3. The van der Waals surface area contributed by atoms with E-state index in [0.717, 1.165) is 10.3 Å². The first kappa shape index (κ1) is 13.5. The largest absolute Gasteiger partial charge is 0.386 e. The van der Waals surface area contributed by atoms with Crippen molar-refractivity contribution < 1.29 is 9.84 Å². The molecule has 2 unspecified atom stereocenters. The molecule has 0 spiro atoms. The van der Waals surface area contributed by atoms with Crippen molar-refractivity contribution in [3.63, 3.8) is 0 Å². The molecule has 2 atom stereocenters. The lowest BCUT2D eigenvalue weighted by molar-refractivity contribution is -0.0579.